The summed E-state index contributed by atoms with van der Waals surface area (Å²) in [4.78, 5) is 27.2. The van der Waals surface area contributed by atoms with Gasteiger partial charge in [0.25, 0.3) is 5.91 Å². The summed E-state index contributed by atoms with van der Waals surface area (Å²) in [6, 6.07) is 15.6. The van der Waals surface area contributed by atoms with Crippen molar-refractivity contribution in [1.29, 1.82) is 0 Å². The van der Waals surface area contributed by atoms with Gasteiger partial charge in [-0.25, -0.2) is 0 Å². The number of esters is 1. The van der Waals surface area contributed by atoms with Crippen molar-refractivity contribution in [1.82, 2.24) is 0 Å². The van der Waals surface area contributed by atoms with E-state index in [4.69, 9.17) is 4.74 Å². The van der Waals surface area contributed by atoms with Gasteiger partial charge < -0.3 is 15.0 Å². The zero-order valence-corrected chi connectivity index (χ0v) is 17.0. The number of ether oxygens (including phenoxy) is 1. The van der Waals surface area contributed by atoms with Crippen molar-refractivity contribution in [3.05, 3.63) is 54.1 Å². The standard InChI is InChI=1S/C21H26N2O3S/c1-15-5-11-19(12-6-15)27-14-13-20(24)26-16(2)21(25)22-17-7-9-18(10-8-17)23(3)4/h5-12,16H,13-14H2,1-4H3,(H,22,25). The smallest absolute Gasteiger partial charge is 0.307 e. The van der Waals surface area contributed by atoms with E-state index in [-0.39, 0.29) is 18.3 Å². The molecule has 2 aromatic rings. The Morgan fingerprint density at radius 3 is 2.30 bits per heavy atom. The highest BCUT2D eigenvalue weighted by Gasteiger charge is 2.17. The molecular weight excluding hydrogens is 360 g/mol. The summed E-state index contributed by atoms with van der Waals surface area (Å²) < 4.78 is 5.23. The van der Waals surface area contributed by atoms with Gasteiger partial charge >= 0.3 is 5.97 Å². The minimum absolute atomic E-state index is 0.258. The fourth-order valence-electron chi connectivity index (χ4n) is 2.28. The SMILES string of the molecule is Cc1ccc(SCCC(=O)OC(C)C(=O)Nc2ccc(N(C)C)cc2)cc1. The molecule has 1 amide bonds. The molecule has 0 heterocycles. The lowest BCUT2D eigenvalue weighted by Crippen LogP contribution is -2.30. The summed E-state index contributed by atoms with van der Waals surface area (Å²) in [7, 11) is 3.90. The molecule has 0 aliphatic heterocycles. The molecule has 0 aromatic heterocycles. The number of anilines is 2. The fraction of sp³-hybridized carbons (Fsp3) is 0.333. The molecule has 0 aliphatic carbocycles. The average Bonchev–Trinajstić information content (AvgIpc) is 2.63. The molecule has 27 heavy (non-hydrogen) atoms. The predicted molar refractivity (Wildman–Crippen MR) is 111 cm³/mol. The maximum atomic E-state index is 12.2. The van der Waals surface area contributed by atoms with Crippen LogP contribution in [0.4, 0.5) is 11.4 Å². The number of rotatable bonds is 8. The highest BCUT2D eigenvalue weighted by atomic mass is 32.2. The van der Waals surface area contributed by atoms with E-state index in [1.807, 2.05) is 74.4 Å². The minimum atomic E-state index is -0.838. The van der Waals surface area contributed by atoms with E-state index >= 15 is 0 Å². The van der Waals surface area contributed by atoms with Gasteiger partial charge in [-0.1, -0.05) is 17.7 Å². The predicted octanol–water partition coefficient (Wildman–Crippen LogP) is 4.11. The highest BCUT2D eigenvalue weighted by molar-refractivity contribution is 7.99. The summed E-state index contributed by atoms with van der Waals surface area (Å²) >= 11 is 1.59. The number of carbonyl (C=O) groups excluding carboxylic acids is 2. The first-order valence-electron chi connectivity index (χ1n) is 8.82. The Morgan fingerprint density at radius 1 is 1.07 bits per heavy atom. The van der Waals surface area contributed by atoms with E-state index in [1.54, 1.807) is 18.7 Å². The lowest BCUT2D eigenvalue weighted by molar-refractivity contribution is -0.152. The number of nitrogens with zero attached hydrogens (tertiary/aromatic N) is 1. The normalized spacial score (nSPS) is 11.6. The van der Waals surface area contributed by atoms with Crippen LogP contribution in [0, 0.1) is 6.92 Å². The van der Waals surface area contributed by atoms with Crippen LogP contribution < -0.4 is 10.2 Å². The zero-order valence-electron chi connectivity index (χ0n) is 16.2. The maximum Gasteiger partial charge on any atom is 0.307 e. The number of hydrogen-bond donors (Lipinski definition) is 1. The van der Waals surface area contributed by atoms with Crippen molar-refractivity contribution in [2.24, 2.45) is 0 Å². The molecule has 1 N–H and O–H groups in total. The number of aryl methyl sites for hydroxylation is 1. The first-order valence-corrected chi connectivity index (χ1v) is 9.81. The van der Waals surface area contributed by atoms with Crippen molar-refractivity contribution in [2.45, 2.75) is 31.3 Å². The Kier molecular flexibility index (Phi) is 7.73. The Bertz CT molecular complexity index is 758. The molecule has 144 valence electrons. The zero-order chi connectivity index (χ0) is 19.8. The van der Waals surface area contributed by atoms with Gasteiger partial charge in [0.2, 0.25) is 0 Å². The van der Waals surface area contributed by atoms with E-state index in [2.05, 4.69) is 5.32 Å². The molecule has 1 atom stereocenters. The quantitative estimate of drug-likeness (QED) is 0.546. The molecule has 2 aromatic carbocycles. The lowest BCUT2D eigenvalue weighted by Gasteiger charge is -2.15. The maximum absolute atomic E-state index is 12.2. The molecule has 0 fully saturated rings. The second-order valence-electron chi connectivity index (χ2n) is 6.47. The Labute approximate surface area is 165 Å². The number of thioether (sulfide) groups is 1. The third-order valence-corrected chi connectivity index (χ3v) is 4.94. The first kappa shape index (κ1) is 20.8. The molecule has 0 aliphatic rings. The Morgan fingerprint density at radius 2 is 1.70 bits per heavy atom. The van der Waals surface area contributed by atoms with Crippen molar-refractivity contribution in [2.75, 3.05) is 30.1 Å². The third kappa shape index (κ3) is 6.98. The van der Waals surface area contributed by atoms with Crippen molar-refractivity contribution < 1.29 is 14.3 Å². The molecule has 5 nitrogen and oxygen atoms in total. The fourth-order valence-corrected chi connectivity index (χ4v) is 3.12. The van der Waals surface area contributed by atoms with Gasteiger partial charge in [0, 0.05) is 36.1 Å². The molecule has 1 unspecified atom stereocenters. The number of hydrogen-bond acceptors (Lipinski definition) is 5. The van der Waals surface area contributed by atoms with E-state index < -0.39 is 6.10 Å². The van der Waals surface area contributed by atoms with Crippen LogP contribution in [-0.2, 0) is 14.3 Å². The van der Waals surface area contributed by atoms with Crippen LogP contribution in [0.15, 0.2) is 53.4 Å². The largest absolute Gasteiger partial charge is 0.453 e. The van der Waals surface area contributed by atoms with Gasteiger partial charge in [0.05, 0.1) is 6.42 Å². The van der Waals surface area contributed by atoms with Gasteiger partial charge in [-0.05, 0) is 50.2 Å². The van der Waals surface area contributed by atoms with Gasteiger partial charge in [-0.2, -0.15) is 0 Å². The van der Waals surface area contributed by atoms with E-state index in [9.17, 15) is 9.59 Å². The van der Waals surface area contributed by atoms with Crippen LogP contribution >= 0.6 is 11.8 Å². The van der Waals surface area contributed by atoms with Crippen LogP contribution in [0.5, 0.6) is 0 Å². The summed E-state index contributed by atoms with van der Waals surface area (Å²) in [5.41, 5.74) is 2.91. The van der Waals surface area contributed by atoms with Crippen molar-refractivity contribution in [3.63, 3.8) is 0 Å². The van der Waals surface area contributed by atoms with Crippen molar-refractivity contribution in [3.8, 4) is 0 Å². The molecule has 0 spiro atoms. The summed E-state index contributed by atoms with van der Waals surface area (Å²) in [6.07, 6.45) is -0.580. The second kappa shape index (κ2) is 10.0. The van der Waals surface area contributed by atoms with Gasteiger partial charge in [-0.15, -0.1) is 11.8 Å². The van der Waals surface area contributed by atoms with Crippen LogP contribution in [0.1, 0.15) is 18.9 Å². The first-order chi connectivity index (χ1) is 12.8. The second-order valence-corrected chi connectivity index (χ2v) is 7.64. The Balaban J connectivity index is 1.74. The molecule has 6 heteroatoms. The molecule has 0 saturated carbocycles. The minimum Gasteiger partial charge on any atom is -0.453 e. The summed E-state index contributed by atoms with van der Waals surface area (Å²) in [6.45, 7) is 3.61. The average molecular weight is 387 g/mol. The Hall–Kier alpha value is -2.47. The van der Waals surface area contributed by atoms with Gasteiger partial charge in [-0.3, -0.25) is 9.59 Å². The van der Waals surface area contributed by atoms with Crippen LogP contribution in [0.2, 0.25) is 0 Å². The summed E-state index contributed by atoms with van der Waals surface area (Å²) in [5, 5.41) is 2.76. The monoisotopic (exact) mass is 386 g/mol. The number of carbonyl (C=O) groups is 2. The molecule has 0 bridgehead atoms. The highest BCUT2D eigenvalue weighted by Crippen LogP contribution is 2.19. The van der Waals surface area contributed by atoms with Crippen molar-refractivity contribution >= 4 is 35.0 Å². The van der Waals surface area contributed by atoms with Crippen LogP contribution in [0.3, 0.4) is 0 Å². The lowest BCUT2D eigenvalue weighted by atomic mass is 10.2. The number of amides is 1. The van der Waals surface area contributed by atoms with Crippen LogP contribution in [0.25, 0.3) is 0 Å². The van der Waals surface area contributed by atoms with E-state index in [0.717, 1.165) is 10.6 Å². The summed E-state index contributed by atoms with van der Waals surface area (Å²) in [5.74, 6) is -0.102. The number of benzene rings is 2. The number of nitrogens with one attached hydrogen (secondary N) is 1. The molecular formula is C21H26N2O3S. The van der Waals surface area contributed by atoms with E-state index in [0.29, 0.717) is 11.4 Å². The van der Waals surface area contributed by atoms with Crippen LogP contribution in [-0.4, -0.2) is 37.8 Å². The van der Waals surface area contributed by atoms with E-state index in [1.165, 1.54) is 5.56 Å². The van der Waals surface area contributed by atoms with Gasteiger partial charge in [0.1, 0.15) is 0 Å². The molecule has 2 rings (SSSR count). The van der Waals surface area contributed by atoms with Gasteiger partial charge in [0.15, 0.2) is 6.10 Å². The topological polar surface area (TPSA) is 58.6 Å². The third-order valence-electron chi connectivity index (χ3n) is 3.92. The molecule has 0 radical (unpaired) electrons. The molecule has 0 saturated heterocycles.